The van der Waals surface area contributed by atoms with Gasteiger partial charge in [-0.25, -0.2) is 0 Å². The van der Waals surface area contributed by atoms with Crippen molar-refractivity contribution in [3.8, 4) is 0 Å². The number of hydrogen-bond donors (Lipinski definition) is 2. The summed E-state index contributed by atoms with van der Waals surface area (Å²) in [4.78, 5) is 26.6. The van der Waals surface area contributed by atoms with Gasteiger partial charge in [0, 0.05) is 25.7 Å². The highest BCUT2D eigenvalue weighted by atomic mass is 19.4. The number of carbonyl (C=O) groups excluding carboxylic acids is 2. The van der Waals surface area contributed by atoms with E-state index in [-0.39, 0.29) is 23.2 Å². The SMILES string of the molecule is CC(C)CCNC(=O)c1ccc(N2CCC(NC(=O)c3ccccc3C(F)(F)F)CC2)nn1. The molecule has 0 aliphatic carbocycles. The number of nitrogens with zero attached hydrogens (tertiary/aromatic N) is 3. The second-order valence-corrected chi connectivity index (χ2v) is 8.49. The van der Waals surface area contributed by atoms with E-state index in [1.807, 2.05) is 4.90 Å². The van der Waals surface area contributed by atoms with E-state index in [1.54, 1.807) is 12.1 Å². The van der Waals surface area contributed by atoms with Gasteiger partial charge in [-0.05, 0) is 49.4 Å². The van der Waals surface area contributed by atoms with Crippen LogP contribution in [0.1, 0.15) is 59.5 Å². The molecule has 0 radical (unpaired) electrons. The minimum atomic E-state index is -4.59. The molecule has 2 heterocycles. The molecule has 3 rings (SSSR count). The van der Waals surface area contributed by atoms with Crippen molar-refractivity contribution in [3.05, 3.63) is 53.2 Å². The first kappa shape index (κ1) is 24.5. The van der Waals surface area contributed by atoms with Gasteiger partial charge in [0.15, 0.2) is 11.5 Å². The fourth-order valence-corrected chi connectivity index (χ4v) is 3.62. The Bertz CT molecular complexity index is 955. The van der Waals surface area contributed by atoms with Crippen LogP contribution in [-0.4, -0.2) is 47.7 Å². The van der Waals surface area contributed by atoms with Crippen LogP contribution in [0.5, 0.6) is 0 Å². The number of alkyl halides is 3. The summed E-state index contributed by atoms with van der Waals surface area (Å²) in [5, 5.41) is 13.7. The van der Waals surface area contributed by atoms with Crippen molar-refractivity contribution >= 4 is 17.6 Å². The van der Waals surface area contributed by atoms with Crippen LogP contribution in [-0.2, 0) is 6.18 Å². The van der Waals surface area contributed by atoms with Crippen LogP contribution in [0.15, 0.2) is 36.4 Å². The van der Waals surface area contributed by atoms with Gasteiger partial charge >= 0.3 is 6.18 Å². The number of rotatable bonds is 7. The Labute approximate surface area is 190 Å². The van der Waals surface area contributed by atoms with E-state index in [2.05, 4.69) is 34.7 Å². The number of benzene rings is 1. The van der Waals surface area contributed by atoms with Gasteiger partial charge in [-0.15, -0.1) is 10.2 Å². The molecule has 0 atom stereocenters. The quantitative estimate of drug-likeness (QED) is 0.654. The Hall–Kier alpha value is -3.17. The normalized spacial score (nSPS) is 14.9. The summed E-state index contributed by atoms with van der Waals surface area (Å²) in [6.07, 6.45) is -2.60. The van der Waals surface area contributed by atoms with Crippen molar-refractivity contribution in [2.24, 2.45) is 5.92 Å². The van der Waals surface area contributed by atoms with E-state index in [4.69, 9.17) is 0 Å². The summed E-state index contributed by atoms with van der Waals surface area (Å²) in [6, 6.07) is 7.87. The highest BCUT2D eigenvalue weighted by Crippen LogP contribution is 2.32. The van der Waals surface area contributed by atoms with Crippen molar-refractivity contribution < 1.29 is 22.8 Å². The lowest BCUT2D eigenvalue weighted by molar-refractivity contribution is -0.137. The van der Waals surface area contributed by atoms with E-state index >= 15 is 0 Å². The molecule has 0 saturated carbocycles. The van der Waals surface area contributed by atoms with Crippen molar-refractivity contribution in [2.75, 3.05) is 24.5 Å². The fourth-order valence-electron chi connectivity index (χ4n) is 3.62. The summed E-state index contributed by atoms with van der Waals surface area (Å²) in [6.45, 7) is 5.85. The maximum absolute atomic E-state index is 13.2. The predicted octanol–water partition coefficient (Wildman–Crippen LogP) is 3.67. The Morgan fingerprint density at radius 3 is 2.36 bits per heavy atom. The Kier molecular flexibility index (Phi) is 7.88. The van der Waals surface area contributed by atoms with Gasteiger partial charge in [-0.3, -0.25) is 9.59 Å². The smallest absolute Gasteiger partial charge is 0.355 e. The Morgan fingerprint density at radius 2 is 1.76 bits per heavy atom. The van der Waals surface area contributed by atoms with E-state index < -0.39 is 17.6 Å². The number of nitrogens with one attached hydrogen (secondary N) is 2. The lowest BCUT2D eigenvalue weighted by Gasteiger charge is -2.33. The van der Waals surface area contributed by atoms with Crippen LogP contribution >= 0.6 is 0 Å². The fraction of sp³-hybridized carbons (Fsp3) is 0.478. The van der Waals surface area contributed by atoms with Gasteiger partial charge in [-0.2, -0.15) is 13.2 Å². The predicted molar refractivity (Wildman–Crippen MR) is 118 cm³/mol. The molecule has 0 unspecified atom stereocenters. The molecule has 2 amide bonds. The zero-order chi connectivity index (χ0) is 24.0. The molecule has 1 fully saturated rings. The van der Waals surface area contributed by atoms with Crippen molar-refractivity contribution in [3.63, 3.8) is 0 Å². The van der Waals surface area contributed by atoms with Crippen LogP contribution in [0, 0.1) is 5.92 Å². The zero-order valence-corrected chi connectivity index (χ0v) is 18.7. The van der Waals surface area contributed by atoms with E-state index in [1.165, 1.54) is 18.2 Å². The van der Waals surface area contributed by atoms with Gasteiger partial charge in [-0.1, -0.05) is 26.0 Å². The van der Waals surface area contributed by atoms with Gasteiger partial charge in [0.05, 0.1) is 11.1 Å². The molecule has 1 saturated heterocycles. The Morgan fingerprint density at radius 1 is 1.06 bits per heavy atom. The molecule has 1 aromatic heterocycles. The van der Waals surface area contributed by atoms with Crippen molar-refractivity contribution in [2.45, 2.75) is 45.3 Å². The number of amides is 2. The molecular formula is C23H28F3N5O2. The van der Waals surface area contributed by atoms with Crippen molar-refractivity contribution in [1.82, 2.24) is 20.8 Å². The third kappa shape index (κ3) is 6.66. The molecule has 1 aliphatic rings. The van der Waals surface area contributed by atoms with Gasteiger partial charge in [0.25, 0.3) is 11.8 Å². The number of piperidine rings is 1. The molecular weight excluding hydrogens is 435 g/mol. The first-order valence-corrected chi connectivity index (χ1v) is 11.0. The van der Waals surface area contributed by atoms with Gasteiger partial charge in [0.1, 0.15) is 0 Å². The van der Waals surface area contributed by atoms with Crippen LogP contribution in [0.3, 0.4) is 0 Å². The summed E-state index contributed by atoms with van der Waals surface area (Å²) in [7, 11) is 0. The maximum Gasteiger partial charge on any atom is 0.417 e. The third-order valence-electron chi connectivity index (χ3n) is 5.52. The monoisotopic (exact) mass is 463 g/mol. The maximum atomic E-state index is 13.2. The minimum absolute atomic E-state index is 0.242. The average Bonchev–Trinajstić information content (AvgIpc) is 2.79. The van der Waals surface area contributed by atoms with Gasteiger partial charge < -0.3 is 15.5 Å². The lowest BCUT2D eigenvalue weighted by Crippen LogP contribution is -2.45. The second kappa shape index (κ2) is 10.6. The standard InChI is InChI=1S/C23H28F3N5O2/c1-15(2)9-12-27-22(33)19-7-8-20(30-29-19)31-13-10-16(11-14-31)28-21(32)17-5-3-4-6-18(17)23(24,25)26/h3-8,15-16H,9-14H2,1-2H3,(H,27,33)(H,28,32). The van der Waals surface area contributed by atoms with E-state index in [0.29, 0.717) is 44.2 Å². The number of anilines is 1. The molecule has 10 heteroatoms. The van der Waals surface area contributed by atoms with Crippen LogP contribution in [0.2, 0.25) is 0 Å². The third-order valence-corrected chi connectivity index (χ3v) is 5.52. The van der Waals surface area contributed by atoms with Crippen LogP contribution in [0.4, 0.5) is 19.0 Å². The molecule has 178 valence electrons. The largest absolute Gasteiger partial charge is 0.417 e. The molecule has 7 nitrogen and oxygen atoms in total. The highest BCUT2D eigenvalue weighted by molar-refractivity contribution is 5.96. The zero-order valence-electron chi connectivity index (χ0n) is 18.7. The first-order chi connectivity index (χ1) is 15.6. The lowest BCUT2D eigenvalue weighted by atomic mass is 10.0. The van der Waals surface area contributed by atoms with Gasteiger partial charge in [0.2, 0.25) is 0 Å². The molecule has 1 aromatic carbocycles. The molecule has 1 aliphatic heterocycles. The summed E-state index contributed by atoms with van der Waals surface area (Å²) in [5.41, 5.74) is -1.07. The highest BCUT2D eigenvalue weighted by Gasteiger charge is 2.35. The average molecular weight is 464 g/mol. The molecule has 0 bridgehead atoms. The van der Waals surface area contributed by atoms with E-state index in [9.17, 15) is 22.8 Å². The number of carbonyl (C=O) groups is 2. The summed E-state index contributed by atoms with van der Waals surface area (Å²) in [5.74, 6) is 0.107. The molecule has 33 heavy (non-hydrogen) atoms. The number of hydrogen-bond acceptors (Lipinski definition) is 5. The number of halogens is 3. The topological polar surface area (TPSA) is 87.2 Å². The van der Waals surface area contributed by atoms with Crippen LogP contribution in [0.25, 0.3) is 0 Å². The van der Waals surface area contributed by atoms with Crippen molar-refractivity contribution in [1.29, 1.82) is 0 Å². The Balaban J connectivity index is 1.52. The van der Waals surface area contributed by atoms with E-state index in [0.717, 1.165) is 12.5 Å². The molecule has 0 spiro atoms. The number of aromatic nitrogens is 2. The summed E-state index contributed by atoms with van der Waals surface area (Å²) < 4.78 is 39.5. The minimum Gasteiger partial charge on any atom is -0.355 e. The summed E-state index contributed by atoms with van der Waals surface area (Å²) >= 11 is 0. The molecule has 2 N–H and O–H groups in total. The first-order valence-electron chi connectivity index (χ1n) is 11.0. The molecule has 2 aromatic rings. The van der Waals surface area contributed by atoms with Crippen LogP contribution < -0.4 is 15.5 Å². The second-order valence-electron chi connectivity index (χ2n) is 8.49.